The van der Waals surface area contributed by atoms with Gasteiger partial charge in [0.1, 0.15) is 0 Å². The summed E-state index contributed by atoms with van der Waals surface area (Å²) in [5.41, 5.74) is 11.6. The number of hydrogen-bond acceptors (Lipinski definition) is 2. The van der Waals surface area contributed by atoms with Gasteiger partial charge in [-0.2, -0.15) is 0 Å². The van der Waals surface area contributed by atoms with E-state index in [2.05, 4.69) is 167 Å². The quantitative estimate of drug-likeness (QED) is 0.188. The maximum absolute atomic E-state index is 5.36. The van der Waals surface area contributed by atoms with E-state index in [0.29, 0.717) is 5.82 Å². The van der Waals surface area contributed by atoms with E-state index in [0.717, 1.165) is 61.5 Å². The highest BCUT2D eigenvalue weighted by molar-refractivity contribution is 6.14. The summed E-state index contributed by atoms with van der Waals surface area (Å²) in [6.07, 6.45) is 0. The van der Waals surface area contributed by atoms with Gasteiger partial charge in [0.2, 0.25) is 0 Å². The van der Waals surface area contributed by atoms with Gasteiger partial charge in [0, 0.05) is 43.9 Å². The minimum Gasteiger partial charge on any atom is -0.309 e. The van der Waals surface area contributed by atoms with Crippen molar-refractivity contribution < 1.29 is 0 Å². The van der Waals surface area contributed by atoms with E-state index in [1.54, 1.807) is 0 Å². The van der Waals surface area contributed by atoms with Gasteiger partial charge in [-0.1, -0.05) is 133 Å². The Labute approximate surface area is 289 Å². The number of para-hydroxylation sites is 4. The third-order valence-electron chi connectivity index (χ3n) is 9.73. The van der Waals surface area contributed by atoms with E-state index in [4.69, 9.17) is 9.97 Å². The van der Waals surface area contributed by atoms with Crippen LogP contribution in [-0.2, 0) is 0 Å². The first-order valence-corrected chi connectivity index (χ1v) is 16.9. The van der Waals surface area contributed by atoms with Crippen molar-refractivity contribution in [2.24, 2.45) is 0 Å². The molecule has 3 aromatic heterocycles. The van der Waals surface area contributed by atoms with Gasteiger partial charge in [-0.05, 0) is 48.5 Å². The summed E-state index contributed by atoms with van der Waals surface area (Å²) in [6, 6.07) is 64.3. The molecule has 0 radical (unpaired) electrons. The summed E-state index contributed by atoms with van der Waals surface area (Å²) in [5, 5.41) is 4.83. The molecule has 0 N–H and O–H groups in total. The number of hydrogen-bond donors (Lipinski definition) is 0. The van der Waals surface area contributed by atoms with E-state index in [1.807, 2.05) is 24.3 Å². The van der Waals surface area contributed by atoms with E-state index >= 15 is 0 Å². The Morgan fingerprint density at radius 2 is 0.820 bits per heavy atom. The molecule has 0 bridgehead atoms. The van der Waals surface area contributed by atoms with Gasteiger partial charge in [0.05, 0.1) is 39.1 Å². The molecule has 3 heterocycles. The molecule has 0 aliphatic carbocycles. The van der Waals surface area contributed by atoms with Crippen molar-refractivity contribution in [1.82, 2.24) is 19.1 Å². The molecule has 0 saturated carbocycles. The Kier molecular flexibility index (Phi) is 6.46. The molecule has 0 unspecified atom stereocenters. The van der Waals surface area contributed by atoms with Crippen molar-refractivity contribution in [1.29, 1.82) is 0 Å². The lowest BCUT2D eigenvalue weighted by Gasteiger charge is -2.17. The van der Waals surface area contributed by atoms with E-state index < -0.39 is 0 Å². The van der Waals surface area contributed by atoms with Crippen LogP contribution in [0.3, 0.4) is 0 Å². The lowest BCUT2D eigenvalue weighted by molar-refractivity contribution is 1.15. The van der Waals surface area contributed by atoms with Crippen LogP contribution in [0, 0.1) is 0 Å². The number of fused-ring (bicyclic) bond motifs is 6. The molecule has 0 saturated heterocycles. The molecule has 0 aliphatic heterocycles. The summed E-state index contributed by atoms with van der Waals surface area (Å²) in [5.74, 6) is 0.693. The average Bonchev–Trinajstić information content (AvgIpc) is 3.70. The zero-order chi connectivity index (χ0) is 33.0. The van der Waals surface area contributed by atoms with Crippen molar-refractivity contribution in [3.05, 3.63) is 182 Å². The molecule has 50 heavy (non-hydrogen) atoms. The predicted octanol–water partition coefficient (Wildman–Crippen LogP) is 11.7. The normalized spacial score (nSPS) is 11.6. The third-order valence-corrected chi connectivity index (χ3v) is 9.73. The zero-order valence-corrected chi connectivity index (χ0v) is 27.1. The van der Waals surface area contributed by atoms with Gasteiger partial charge in [-0.15, -0.1) is 0 Å². The first-order valence-electron chi connectivity index (χ1n) is 16.9. The van der Waals surface area contributed by atoms with Crippen molar-refractivity contribution in [2.45, 2.75) is 0 Å². The second kappa shape index (κ2) is 11.4. The minimum atomic E-state index is 0.693. The molecule has 0 amide bonds. The largest absolute Gasteiger partial charge is 0.309 e. The highest BCUT2D eigenvalue weighted by Gasteiger charge is 2.22. The van der Waals surface area contributed by atoms with Crippen molar-refractivity contribution in [2.75, 3.05) is 0 Å². The lowest BCUT2D eigenvalue weighted by atomic mass is 10.0. The van der Waals surface area contributed by atoms with Gasteiger partial charge in [0.15, 0.2) is 5.82 Å². The molecular formula is C46H30N4. The second-order valence-corrected chi connectivity index (χ2v) is 12.6. The fourth-order valence-electron chi connectivity index (χ4n) is 7.49. The van der Waals surface area contributed by atoms with Crippen LogP contribution in [-0.4, -0.2) is 19.1 Å². The van der Waals surface area contributed by atoms with Crippen LogP contribution < -0.4 is 0 Å². The molecule has 4 heteroatoms. The number of nitrogens with zero attached hydrogens (tertiary/aromatic N) is 4. The van der Waals surface area contributed by atoms with Crippen LogP contribution in [0.5, 0.6) is 0 Å². The molecule has 0 fully saturated rings. The SMILES string of the molecule is c1ccc(-c2cc(-c3cc4c(cc3-n3c5ccccc5c5ccccc53)c3ccccc3n4-c3ccccc3)nc(-c3ccccc3)n2)cc1. The molecule has 0 spiro atoms. The van der Waals surface area contributed by atoms with Crippen LogP contribution in [0.1, 0.15) is 0 Å². The summed E-state index contributed by atoms with van der Waals surface area (Å²) >= 11 is 0. The molecule has 0 atom stereocenters. The molecule has 4 nitrogen and oxygen atoms in total. The van der Waals surface area contributed by atoms with Gasteiger partial charge >= 0.3 is 0 Å². The Hall–Kier alpha value is -6.78. The molecular weight excluding hydrogens is 609 g/mol. The van der Waals surface area contributed by atoms with E-state index in [1.165, 1.54) is 21.5 Å². The fourth-order valence-corrected chi connectivity index (χ4v) is 7.49. The first kappa shape index (κ1) is 28.3. The first-order chi connectivity index (χ1) is 24.8. The van der Waals surface area contributed by atoms with Crippen LogP contribution in [0.4, 0.5) is 0 Å². The van der Waals surface area contributed by atoms with Crippen molar-refractivity contribution in [3.63, 3.8) is 0 Å². The standard InChI is InChI=1S/C46H30N4/c1-4-16-31(17-5-1)39-30-40(48-46(47-39)32-18-6-2-7-19-32)38-29-44-37(36-24-12-13-25-41(36)49(44)33-20-8-3-9-21-33)28-45(38)50-42-26-14-10-22-34(42)35-23-11-15-27-43(35)50/h1-30H. The summed E-state index contributed by atoms with van der Waals surface area (Å²) in [4.78, 5) is 10.5. The van der Waals surface area contributed by atoms with E-state index in [-0.39, 0.29) is 0 Å². The highest BCUT2D eigenvalue weighted by atomic mass is 15.0. The van der Waals surface area contributed by atoms with Gasteiger partial charge in [-0.25, -0.2) is 9.97 Å². The van der Waals surface area contributed by atoms with E-state index in [9.17, 15) is 0 Å². The van der Waals surface area contributed by atoms with Gasteiger partial charge < -0.3 is 9.13 Å². The van der Waals surface area contributed by atoms with Crippen LogP contribution >= 0.6 is 0 Å². The summed E-state index contributed by atoms with van der Waals surface area (Å²) in [6.45, 7) is 0. The van der Waals surface area contributed by atoms with Crippen molar-refractivity contribution >= 4 is 43.6 Å². The predicted molar refractivity (Wildman–Crippen MR) is 207 cm³/mol. The minimum absolute atomic E-state index is 0.693. The Balaban J connectivity index is 1.38. The summed E-state index contributed by atoms with van der Waals surface area (Å²) < 4.78 is 4.79. The van der Waals surface area contributed by atoms with Crippen molar-refractivity contribution in [3.8, 4) is 45.3 Å². The monoisotopic (exact) mass is 638 g/mol. The Morgan fingerprint density at radius 1 is 0.340 bits per heavy atom. The molecule has 7 aromatic carbocycles. The molecule has 10 rings (SSSR count). The van der Waals surface area contributed by atoms with Gasteiger partial charge in [-0.3, -0.25) is 0 Å². The van der Waals surface area contributed by atoms with Crippen LogP contribution in [0.25, 0.3) is 88.9 Å². The topological polar surface area (TPSA) is 35.6 Å². The zero-order valence-electron chi connectivity index (χ0n) is 27.1. The van der Waals surface area contributed by atoms with Gasteiger partial charge in [0.25, 0.3) is 0 Å². The van der Waals surface area contributed by atoms with Crippen LogP contribution in [0.2, 0.25) is 0 Å². The number of benzene rings is 7. The number of aromatic nitrogens is 4. The molecule has 10 aromatic rings. The fraction of sp³-hybridized carbons (Fsp3) is 0. The lowest BCUT2D eigenvalue weighted by Crippen LogP contribution is -2.02. The smallest absolute Gasteiger partial charge is 0.160 e. The van der Waals surface area contributed by atoms with Crippen LogP contribution in [0.15, 0.2) is 182 Å². The molecule has 0 aliphatic rings. The maximum Gasteiger partial charge on any atom is 0.160 e. The second-order valence-electron chi connectivity index (χ2n) is 12.6. The Bertz CT molecular complexity index is 2740. The Morgan fingerprint density at radius 3 is 1.44 bits per heavy atom. The average molecular weight is 639 g/mol. The third kappa shape index (κ3) is 4.46. The molecule has 234 valence electrons. The number of rotatable bonds is 5. The maximum atomic E-state index is 5.36. The summed E-state index contributed by atoms with van der Waals surface area (Å²) in [7, 11) is 0. The highest BCUT2D eigenvalue weighted by Crippen LogP contribution is 2.42.